The number of rotatable bonds is 10. The molecule has 3 aromatic rings. The van der Waals surface area contributed by atoms with E-state index in [1.807, 2.05) is 35.3 Å². The van der Waals surface area contributed by atoms with Crippen molar-refractivity contribution in [3.8, 4) is 0 Å². The van der Waals surface area contributed by atoms with Gasteiger partial charge in [-0.05, 0) is 111 Å². The Morgan fingerprint density at radius 3 is 2.27 bits per heavy atom. The third-order valence-corrected chi connectivity index (χ3v) is 10.8. The molecule has 1 aliphatic heterocycles. The Morgan fingerprint density at radius 1 is 0.932 bits per heavy atom. The van der Waals surface area contributed by atoms with Crippen molar-refractivity contribution in [1.29, 1.82) is 0 Å². The summed E-state index contributed by atoms with van der Waals surface area (Å²) in [6.45, 7) is 2.47. The van der Waals surface area contributed by atoms with Gasteiger partial charge in [-0.25, -0.2) is 9.37 Å². The van der Waals surface area contributed by atoms with E-state index in [4.69, 9.17) is 11.6 Å². The lowest BCUT2D eigenvalue weighted by Gasteiger charge is -2.48. The van der Waals surface area contributed by atoms with Crippen molar-refractivity contribution in [3.05, 3.63) is 77.6 Å². The van der Waals surface area contributed by atoms with E-state index in [0.29, 0.717) is 23.4 Å². The highest BCUT2D eigenvalue weighted by Crippen LogP contribution is 2.47. The summed E-state index contributed by atoms with van der Waals surface area (Å²) in [5.74, 6) is 0.673. The summed E-state index contributed by atoms with van der Waals surface area (Å²) in [5, 5.41) is 12.5. The average Bonchev–Trinajstić information content (AvgIpc) is 3.57. The Hall–Kier alpha value is -2.97. The third kappa shape index (κ3) is 7.81. The highest BCUT2D eigenvalue weighted by molar-refractivity contribution is 6.30. The fourth-order valence-corrected chi connectivity index (χ4v) is 8.11. The zero-order valence-corrected chi connectivity index (χ0v) is 26.4. The number of piperidine rings is 1. The number of benzene rings is 2. The van der Waals surface area contributed by atoms with E-state index in [-0.39, 0.29) is 29.2 Å². The monoisotopic (exact) mass is 620 g/mol. The molecule has 3 aliphatic rings. The molecule has 7 nitrogen and oxygen atoms in total. The number of anilines is 1. The predicted molar refractivity (Wildman–Crippen MR) is 173 cm³/mol. The molecule has 0 spiro atoms. The number of hydrogen-bond donors (Lipinski definition) is 2. The van der Waals surface area contributed by atoms with E-state index in [9.17, 15) is 9.18 Å². The van der Waals surface area contributed by atoms with Gasteiger partial charge in [0.25, 0.3) is 0 Å². The predicted octanol–water partition coefficient (Wildman–Crippen LogP) is 6.88. The lowest BCUT2D eigenvalue weighted by atomic mass is 9.63. The summed E-state index contributed by atoms with van der Waals surface area (Å²) in [7, 11) is 0. The molecule has 1 atom stereocenters. The van der Waals surface area contributed by atoms with Gasteiger partial charge in [0.15, 0.2) is 0 Å². The molecular formula is C35H46ClFN6O. The van der Waals surface area contributed by atoms with Crippen LogP contribution < -0.4 is 10.6 Å². The van der Waals surface area contributed by atoms with Gasteiger partial charge >= 0.3 is 0 Å². The van der Waals surface area contributed by atoms with Crippen LogP contribution in [0.1, 0.15) is 76.2 Å². The maximum absolute atomic E-state index is 14.2. The van der Waals surface area contributed by atoms with E-state index < -0.39 is 0 Å². The van der Waals surface area contributed by atoms with Gasteiger partial charge in [-0.15, -0.1) is 0 Å². The van der Waals surface area contributed by atoms with Crippen LogP contribution in [0.15, 0.2) is 61.2 Å². The number of halogens is 2. The van der Waals surface area contributed by atoms with Gasteiger partial charge in [0.2, 0.25) is 5.91 Å². The molecule has 2 N–H and O–H groups in total. The highest BCUT2D eigenvalue weighted by atomic mass is 35.5. The molecule has 6 rings (SSSR count). The Balaban J connectivity index is 1.10. The van der Waals surface area contributed by atoms with Crippen molar-refractivity contribution in [2.24, 2.45) is 11.3 Å². The minimum atomic E-state index is -0.278. The van der Waals surface area contributed by atoms with E-state index in [2.05, 4.69) is 25.6 Å². The van der Waals surface area contributed by atoms with E-state index in [0.717, 1.165) is 69.4 Å². The van der Waals surface area contributed by atoms with Crippen molar-refractivity contribution < 1.29 is 9.18 Å². The second-order valence-electron chi connectivity index (χ2n) is 13.4. The maximum atomic E-state index is 14.2. The molecule has 44 heavy (non-hydrogen) atoms. The number of carbonyl (C=O) groups is 1. The molecule has 2 aromatic carbocycles. The first-order valence-electron chi connectivity index (χ1n) is 16.6. The Bertz CT molecular complexity index is 1310. The molecule has 3 fully saturated rings. The van der Waals surface area contributed by atoms with Crippen molar-refractivity contribution >= 4 is 23.2 Å². The Kier molecular flexibility index (Phi) is 10.2. The molecule has 1 amide bonds. The van der Waals surface area contributed by atoms with Gasteiger partial charge in [-0.2, -0.15) is 5.10 Å². The molecule has 236 valence electrons. The van der Waals surface area contributed by atoms with Crippen molar-refractivity contribution in [3.63, 3.8) is 0 Å². The first kappa shape index (κ1) is 31.0. The van der Waals surface area contributed by atoms with Crippen LogP contribution in [0.4, 0.5) is 10.1 Å². The molecular weight excluding hydrogens is 575 g/mol. The summed E-state index contributed by atoms with van der Waals surface area (Å²) in [5.41, 5.74) is 2.24. The molecule has 0 unspecified atom stereocenters. The standard InChI is InChI=1S/C35H46ClFN6O/c36-28-8-6-26(7-9-28)22-33(41-32-16-14-31(15-17-32)40-30-12-10-29(37)11-13-30)34(44)42-20-18-35(19-21-42,23-43-25-38-24-39-43)27-4-2-1-3-5-27/h6-13,24-25,27,31-33,40-41H,1-5,14-23H2/t31?,32?,33-/m1/s1. The number of nitrogens with one attached hydrogen (secondary N) is 2. The van der Waals surface area contributed by atoms with Gasteiger partial charge in [-0.3, -0.25) is 9.48 Å². The second-order valence-corrected chi connectivity index (χ2v) is 13.8. The number of amides is 1. The quantitative estimate of drug-likeness (QED) is 0.258. The summed E-state index contributed by atoms with van der Waals surface area (Å²) >= 11 is 6.18. The number of likely N-dealkylation sites (tertiary alicyclic amines) is 1. The third-order valence-electron chi connectivity index (χ3n) is 10.5. The normalized spacial score (nSPS) is 23.3. The lowest BCUT2D eigenvalue weighted by molar-refractivity contribution is -0.137. The van der Waals surface area contributed by atoms with Crippen molar-refractivity contribution in [2.45, 2.75) is 102 Å². The van der Waals surface area contributed by atoms with Crippen LogP contribution in [0.25, 0.3) is 0 Å². The molecule has 2 heterocycles. The summed E-state index contributed by atoms with van der Waals surface area (Å²) in [6.07, 6.45) is 16.7. The van der Waals surface area contributed by atoms with Crippen LogP contribution in [0.2, 0.25) is 5.02 Å². The summed E-state index contributed by atoms with van der Waals surface area (Å²) in [6, 6.07) is 14.8. The minimum absolute atomic E-state index is 0.167. The smallest absolute Gasteiger partial charge is 0.240 e. The van der Waals surface area contributed by atoms with Gasteiger partial charge in [0.05, 0.1) is 6.04 Å². The number of aromatic nitrogens is 3. The largest absolute Gasteiger partial charge is 0.382 e. The number of nitrogens with zero attached hydrogens (tertiary/aromatic N) is 4. The van der Waals surface area contributed by atoms with Gasteiger partial charge < -0.3 is 15.5 Å². The van der Waals surface area contributed by atoms with Crippen LogP contribution in [-0.4, -0.2) is 56.8 Å². The summed E-state index contributed by atoms with van der Waals surface area (Å²) in [4.78, 5) is 20.6. The highest BCUT2D eigenvalue weighted by Gasteiger charge is 2.44. The van der Waals surface area contributed by atoms with Crippen molar-refractivity contribution in [1.82, 2.24) is 25.0 Å². The molecule has 1 aromatic heterocycles. The maximum Gasteiger partial charge on any atom is 0.240 e. The van der Waals surface area contributed by atoms with Gasteiger partial charge in [0.1, 0.15) is 18.5 Å². The lowest BCUT2D eigenvalue weighted by Crippen LogP contribution is -2.55. The topological polar surface area (TPSA) is 75.1 Å². The van der Waals surface area contributed by atoms with Crippen LogP contribution in [0, 0.1) is 17.2 Å². The zero-order chi connectivity index (χ0) is 30.4. The van der Waals surface area contributed by atoms with Crippen LogP contribution in [-0.2, 0) is 17.8 Å². The van der Waals surface area contributed by atoms with Crippen LogP contribution >= 0.6 is 11.6 Å². The minimum Gasteiger partial charge on any atom is -0.382 e. The van der Waals surface area contributed by atoms with E-state index >= 15 is 0 Å². The Morgan fingerprint density at radius 2 is 1.61 bits per heavy atom. The molecule has 1 saturated heterocycles. The molecule has 0 bridgehead atoms. The zero-order valence-electron chi connectivity index (χ0n) is 25.6. The fraction of sp³-hybridized carbons (Fsp3) is 0.571. The molecule has 2 saturated carbocycles. The average molecular weight is 621 g/mol. The first-order valence-corrected chi connectivity index (χ1v) is 17.0. The van der Waals surface area contributed by atoms with Crippen LogP contribution in [0.5, 0.6) is 0 Å². The first-order chi connectivity index (χ1) is 21.5. The summed E-state index contributed by atoms with van der Waals surface area (Å²) < 4.78 is 15.3. The molecule has 0 radical (unpaired) electrons. The fourth-order valence-electron chi connectivity index (χ4n) is 7.98. The van der Waals surface area contributed by atoms with Gasteiger partial charge in [0, 0.05) is 42.4 Å². The van der Waals surface area contributed by atoms with E-state index in [1.54, 1.807) is 18.5 Å². The van der Waals surface area contributed by atoms with Crippen molar-refractivity contribution in [2.75, 3.05) is 18.4 Å². The number of hydrogen-bond acceptors (Lipinski definition) is 5. The molecule has 2 aliphatic carbocycles. The van der Waals surface area contributed by atoms with Gasteiger partial charge in [-0.1, -0.05) is 43.0 Å². The SMILES string of the molecule is O=C([C@@H](Cc1ccc(Cl)cc1)NC1CCC(Nc2ccc(F)cc2)CC1)N1CCC(Cn2cncn2)(C2CCCCC2)CC1. The second kappa shape index (κ2) is 14.4. The Labute approximate surface area is 266 Å². The molecule has 9 heteroatoms. The van der Waals surface area contributed by atoms with Crippen LogP contribution in [0.3, 0.4) is 0 Å². The van der Waals surface area contributed by atoms with E-state index in [1.165, 1.54) is 44.2 Å². The number of carbonyl (C=O) groups excluding carboxylic acids is 1.